The van der Waals surface area contributed by atoms with Crippen LogP contribution in [0.2, 0.25) is 0 Å². The second-order valence-electron chi connectivity index (χ2n) is 1.94. The van der Waals surface area contributed by atoms with Crippen molar-refractivity contribution in [2.75, 3.05) is 0 Å². The molecule has 0 aromatic heterocycles. The van der Waals surface area contributed by atoms with Gasteiger partial charge in [-0.3, -0.25) is 0 Å². The molecule has 1 aromatic carbocycles. The lowest BCUT2D eigenvalue weighted by Crippen LogP contribution is -1.85. The normalized spacial score (nSPS) is 11.8. The summed E-state index contributed by atoms with van der Waals surface area (Å²) < 4.78 is 19.2. The van der Waals surface area contributed by atoms with Crippen molar-refractivity contribution in [3.8, 4) is 0 Å². The van der Waals surface area contributed by atoms with E-state index in [0.29, 0.717) is 5.69 Å². The van der Waals surface area contributed by atoms with Crippen molar-refractivity contribution >= 4 is 16.8 Å². The van der Waals surface area contributed by atoms with Crippen molar-refractivity contribution in [3.63, 3.8) is 0 Å². The number of rotatable bonds is 2. The van der Waals surface area contributed by atoms with Gasteiger partial charge in [0.05, 0.1) is 4.90 Å². The Morgan fingerprint density at radius 1 is 1.58 bits per heavy atom. The molecule has 0 amide bonds. The van der Waals surface area contributed by atoms with Gasteiger partial charge in [0.25, 0.3) is 0 Å². The van der Waals surface area contributed by atoms with E-state index in [0.717, 1.165) is 0 Å². The van der Waals surface area contributed by atoms with E-state index in [-0.39, 0.29) is 4.90 Å². The molecule has 0 aliphatic rings. The van der Waals surface area contributed by atoms with E-state index >= 15 is 0 Å². The summed E-state index contributed by atoms with van der Waals surface area (Å²) in [6, 6.07) is 5.94. The number of benzene rings is 1. The zero-order chi connectivity index (χ0) is 8.97. The van der Waals surface area contributed by atoms with Crippen LogP contribution in [-0.2, 0) is 11.1 Å². The average Bonchev–Trinajstić information content (AvgIpc) is 2.05. The fraction of sp³-hybridized carbons (Fsp3) is 0. The predicted molar refractivity (Wildman–Crippen MR) is 44.3 cm³/mol. The molecule has 0 saturated carbocycles. The highest BCUT2D eigenvalue weighted by Gasteiger charge is 1.98. The van der Waals surface area contributed by atoms with Gasteiger partial charge in [-0.15, -0.1) is 0 Å². The molecule has 0 saturated heterocycles. The monoisotopic (exact) mass is 183 g/mol. The summed E-state index contributed by atoms with van der Waals surface area (Å²) in [5.74, 6) is 0. The zero-order valence-corrected chi connectivity index (χ0v) is 6.73. The fourth-order valence-electron chi connectivity index (χ4n) is 0.706. The zero-order valence-electron chi connectivity index (χ0n) is 5.91. The molecule has 5 nitrogen and oxygen atoms in total. The molecular formula is C6H5N3O2S. The second kappa shape index (κ2) is 3.87. The summed E-state index contributed by atoms with van der Waals surface area (Å²) in [4.78, 5) is 2.77. The Labute approximate surface area is 70.9 Å². The van der Waals surface area contributed by atoms with Crippen LogP contribution in [0.25, 0.3) is 10.4 Å². The van der Waals surface area contributed by atoms with E-state index in [1.807, 2.05) is 0 Å². The molecular weight excluding hydrogens is 178 g/mol. The van der Waals surface area contributed by atoms with Crippen molar-refractivity contribution in [2.24, 2.45) is 5.11 Å². The SMILES string of the molecule is [N-]=[N+]=Nc1cccc(S(=O)O)c1. The minimum atomic E-state index is -2.03. The molecule has 1 aromatic rings. The molecule has 1 rings (SSSR count). The van der Waals surface area contributed by atoms with Crippen molar-refractivity contribution in [1.82, 2.24) is 0 Å². The van der Waals surface area contributed by atoms with Crippen LogP contribution in [0.15, 0.2) is 34.3 Å². The number of hydrogen-bond donors (Lipinski definition) is 1. The summed E-state index contributed by atoms with van der Waals surface area (Å²) in [6.45, 7) is 0. The molecule has 1 N–H and O–H groups in total. The number of azide groups is 1. The van der Waals surface area contributed by atoms with Crippen LogP contribution in [-0.4, -0.2) is 8.76 Å². The van der Waals surface area contributed by atoms with E-state index in [4.69, 9.17) is 10.1 Å². The van der Waals surface area contributed by atoms with Crippen LogP contribution in [0.3, 0.4) is 0 Å². The third kappa shape index (κ3) is 2.06. The Kier molecular flexibility index (Phi) is 2.82. The van der Waals surface area contributed by atoms with Gasteiger partial charge in [0.1, 0.15) is 0 Å². The first kappa shape index (κ1) is 8.73. The van der Waals surface area contributed by atoms with Crippen LogP contribution in [0.5, 0.6) is 0 Å². The molecule has 0 heterocycles. The summed E-state index contributed by atoms with van der Waals surface area (Å²) in [6.07, 6.45) is 0. The largest absolute Gasteiger partial charge is 0.302 e. The first-order valence-corrected chi connectivity index (χ1v) is 4.11. The molecule has 62 valence electrons. The first-order valence-electron chi connectivity index (χ1n) is 3.00. The van der Waals surface area contributed by atoms with Gasteiger partial charge in [0.15, 0.2) is 11.1 Å². The molecule has 0 aliphatic heterocycles. The lowest BCUT2D eigenvalue weighted by molar-refractivity contribution is 0.564. The van der Waals surface area contributed by atoms with Gasteiger partial charge < -0.3 is 4.55 Å². The van der Waals surface area contributed by atoms with Crippen LogP contribution >= 0.6 is 0 Å². The van der Waals surface area contributed by atoms with E-state index in [9.17, 15) is 4.21 Å². The van der Waals surface area contributed by atoms with E-state index in [2.05, 4.69) is 10.0 Å². The van der Waals surface area contributed by atoms with Crippen molar-refractivity contribution in [3.05, 3.63) is 34.7 Å². The van der Waals surface area contributed by atoms with Gasteiger partial charge in [-0.1, -0.05) is 17.2 Å². The molecule has 0 spiro atoms. The fourth-order valence-corrected chi connectivity index (χ4v) is 1.12. The van der Waals surface area contributed by atoms with Gasteiger partial charge in [-0.2, -0.15) is 0 Å². The van der Waals surface area contributed by atoms with Gasteiger partial charge in [0, 0.05) is 10.6 Å². The molecule has 1 unspecified atom stereocenters. The summed E-state index contributed by atoms with van der Waals surface area (Å²) >= 11 is -2.03. The van der Waals surface area contributed by atoms with Gasteiger partial charge >= 0.3 is 0 Å². The maximum atomic E-state index is 10.5. The summed E-state index contributed by atoms with van der Waals surface area (Å²) in [5.41, 5.74) is 8.40. The average molecular weight is 183 g/mol. The Bertz CT molecular complexity index is 342. The lowest BCUT2D eigenvalue weighted by Gasteiger charge is -1.94. The highest BCUT2D eigenvalue weighted by atomic mass is 32.2. The lowest BCUT2D eigenvalue weighted by atomic mass is 10.3. The van der Waals surface area contributed by atoms with Crippen molar-refractivity contribution in [1.29, 1.82) is 0 Å². The maximum absolute atomic E-state index is 10.5. The minimum absolute atomic E-state index is 0.222. The second-order valence-corrected chi connectivity index (χ2v) is 2.91. The maximum Gasteiger partial charge on any atom is 0.186 e. The van der Waals surface area contributed by atoms with Gasteiger partial charge in [-0.25, -0.2) is 4.21 Å². The topological polar surface area (TPSA) is 86.1 Å². The third-order valence-corrected chi connectivity index (χ3v) is 1.84. The highest BCUT2D eigenvalue weighted by molar-refractivity contribution is 7.79. The standard InChI is InChI=1S/C6H5N3O2S/c7-9-8-5-2-1-3-6(4-5)12(10)11/h1-4H,(H,10,11). The van der Waals surface area contributed by atoms with Crippen molar-refractivity contribution in [2.45, 2.75) is 4.90 Å². The summed E-state index contributed by atoms with van der Waals surface area (Å²) in [5, 5.41) is 3.28. The smallest absolute Gasteiger partial charge is 0.186 e. The van der Waals surface area contributed by atoms with Crippen LogP contribution in [0.1, 0.15) is 0 Å². The van der Waals surface area contributed by atoms with Gasteiger partial charge in [-0.05, 0) is 17.7 Å². The van der Waals surface area contributed by atoms with E-state index in [1.165, 1.54) is 12.1 Å². The minimum Gasteiger partial charge on any atom is -0.302 e. The van der Waals surface area contributed by atoms with E-state index < -0.39 is 11.1 Å². The molecule has 0 radical (unpaired) electrons. The Hall–Kier alpha value is -1.36. The molecule has 6 heteroatoms. The number of nitrogens with zero attached hydrogens (tertiary/aromatic N) is 3. The van der Waals surface area contributed by atoms with Crippen molar-refractivity contribution < 1.29 is 8.76 Å². The molecule has 0 aliphatic carbocycles. The van der Waals surface area contributed by atoms with Gasteiger partial charge in [0.2, 0.25) is 0 Å². The van der Waals surface area contributed by atoms with Crippen LogP contribution < -0.4 is 0 Å². The quantitative estimate of drug-likeness (QED) is 0.330. The molecule has 0 bridgehead atoms. The Balaban J connectivity index is 3.11. The molecule has 0 fully saturated rings. The van der Waals surface area contributed by atoms with Crippen LogP contribution in [0.4, 0.5) is 5.69 Å². The van der Waals surface area contributed by atoms with Crippen LogP contribution in [0, 0.1) is 0 Å². The Morgan fingerprint density at radius 3 is 2.92 bits per heavy atom. The summed E-state index contributed by atoms with van der Waals surface area (Å²) in [7, 11) is 0. The number of hydrogen-bond acceptors (Lipinski definition) is 2. The Morgan fingerprint density at radius 2 is 2.33 bits per heavy atom. The first-order chi connectivity index (χ1) is 5.74. The highest BCUT2D eigenvalue weighted by Crippen LogP contribution is 2.15. The third-order valence-electron chi connectivity index (χ3n) is 1.18. The van der Waals surface area contributed by atoms with E-state index in [1.54, 1.807) is 12.1 Å². The molecule has 12 heavy (non-hydrogen) atoms. The molecule has 1 atom stereocenters. The predicted octanol–water partition coefficient (Wildman–Crippen LogP) is 2.21.